The van der Waals surface area contributed by atoms with Crippen molar-refractivity contribution >= 4 is 11.9 Å². The second-order valence-electron chi connectivity index (χ2n) is 4.72. The van der Waals surface area contributed by atoms with Crippen molar-refractivity contribution in [3.63, 3.8) is 0 Å². The van der Waals surface area contributed by atoms with Crippen LogP contribution in [0.3, 0.4) is 0 Å². The van der Waals surface area contributed by atoms with Crippen molar-refractivity contribution < 1.29 is 14.3 Å². The minimum absolute atomic E-state index is 0.0136. The Bertz CT molecular complexity index is 434. The Kier molecular flexibility index (Phi) is 6.73. The SMILES string of the molecule is COC(=O)[C@@H](N)CCC(=O)N(C)CCc1ccccc1. The average molecular weight is 278 g/mol. The molecule has 0 spiro atoms. The van der Waals surface area contributed by atoms with Crippen LogP contribution < -0.4 is 5.73 Å². The van der Waals surface area contributed by atoms with Gasteiger partial charge in [-0.15, -0.1) is 0 Å². The van der Waals surface area contributed by atoms with Crippen LogP contribution in [-0.4, -0.2) is 43.5 Å². The van der Waals surface area contributed by atoms with Gasteiger partial charge in [0, 0.05) is 20.0 Å². The molecule has 110 valence electrons. The largest absolute Gasteiger partial charge is 0.468 e. The van der Waals surface area contributed by atoms with E-state index in [2.05, 4.69) is 4.74 Å². The van der Waals surface area contributed by atoms with E-state index in [9.17, 15) is 9.59 Å². The number of methoxy groups -OCH3 is 1. The zero-order valence-corrected chi connectivity index (χ0v) is 12.0. The first-order valence-corrected chi connectivity index (χ1v) is 6.66. The third-order valence-electron chi connectivity index (χ3n) is 3.18. The van der Waals surface area contributed by atoms with Crippen LogP contribution in [0.2, 0.25) is 0 Å². The van der Waals surface area contributed by atoms with E-state index in [0.29, 0.717) is 13.0 Å². The lowest BCUT2D eigenvalue weighted by molar-refractivity contribution is -0.142. The van der Waals surface area contributed by atoms with Gasteiger partial charge in [0.15, 0.2) is 0 Å². The summed E-state index contributed by atoms with van der Waals surface area (Å²) >= 11 is 0. The van der Waals surface area contributed by atoms with Crippen LogP contribution >= 0.6 is 0 Å². The maximum Gasteiger partial charge on any atom is 0.322 e. The summed E-state index contributed by atoms with van der Waals surface area (Å²) in [6.45, 7) is 0.649. The molecule has 2 N–H and O–H groups in total. The zero-order chi connectivity index (χ0) is 15.0. The molecule has 0 aliphatic carbocycles. The number of likely N-dealkylation sites (N-methyl/N-ethyl adjacent to an activating group) is 1. The number of nitrogens with zero attached hydrogens (tertiary/aromatic N) is 1. The molecule has 1 aromatic rings. The Morgan fingerprint density at radius 3 is 2.55 bits per heavy atom. The van der Waals surface area contributed by atoms with Crippen molar-refractivity contribution in [2.24, 2.45) is 5.73 Å². The summed E-state index contributed by atoms with van der Waals surface area (Å²) in [6, 6.07) is 9.26. The lowest BCUT2D eigenvalue weighted by Crippen LogP contribution is -2.34. The van der Waals surface area contributed by atoms with Gasteiger partial charge in [0.25, 0.3) is 0 Å². The molecule has 1 amide bonds. The van der Waals surface area contributed by atoms with Gasteiger partial charge < -0.3 is 15.4 Å². The number of benzene rings is 1. The Hall–Kier alpha value is -1.88. The fourth-order valence-corrected chi connectivity index (χ4v) is 1.81. The van der Waals surface area contributed by atoms with E-state index >= 15 is 0 Å². The lowest BCUT2D eigenvalue weighted by atomic mass is 10.1. The number of esters is 1. The molecule has 0 fully saturated rings. The van der Waals surface area contributed by atoms with Crippen molar-refractivity contribution in [2.45, 2.75) is 25.3 Å². The van der Waals surface area contributed by atoms with Gasteiger partial charge in [-0.1, -0.05) is 30.3 Å². The summed E-state index contributed by atoms with van der Waals surface area (Å²) in [5, 5.41) is 0. The quantitative estimate of drug-likeness (QED) is 0.754. The third-order valence-corrected chi connectivity index (χ3v) is 3.18. The van der Waals surface area contributed by atoms with Crippen LogP contribution in [0, 0.1) is 0 Å². The van der Waals surface area contributed by atoms with E-state index < -0.39 is 12.0 Å². The number of carbonyl (C=O) groups is 2. The van der Waals surface area contributed by atoms with Gasteiger partial charge in [0.2, 0.25) is 5.91 Å². The van der Waals surface area contributed by atoms with Gasteiger partial charge in [-0.2, -0.15) is 0 Å². The van der Waals surface area contributed by atoms with E-state index in [1.54, 1.807) is 11.9 Å². The topological polar surface area (TPSA) is 72.6 Å². The van der Waals surface area contributed by atoms with Crippen molar-refractivity contribution in [1.82, 2.24) is 4.90 Å². The molecular formula is C15H22N2O3. The van der Waals surface area contributed by atoms with Crippen LogP contribution in [0.1, 0.15) is 18.4 Å². The Morgan fingerprint density at radius 1 is 1.30 bits per heavy atom. The number of rotatable bonds is 7. The highest BCUT2D eigenvalue weighted by Gasteiger charge is 2.16. The molecule has 1 atom stereocenters. The van der Waals surface area contributed by atoms with Crippen molar-refractivity contribution in [1.29, 1.82) is 0 Å². The molecule has 0 radical (unpaired) electrons. The van der Waals surface area contributed by atoms with Crippen LogP contribution in [0.5, 0.6) is 0 Å². The monoisotopic (exact) mass is 278 g/mol. The van der Waals surface area contributed by atoms with E-state index in [-0.39, 0.29) is 12.3 Å². The molecule has 0 aliphatic rings. The number of hydrogen-bond acceptors (Lipinski definition) is 4. The van der Waals surface area contributed by atoms with Crippen molar-refractivity contribution in [3.05, 3.63) is 35.9 Å². The van der Waals surface area contributed by atoms with Crippen LogP contribution in [-0.2, 0) is 20.7 Å². The standard InChI is InChI=1S/C15H22N2O3/c1-17(11-10-12-6-4-3-5-7-12)14(18)9-8-13(16)15(19)20-2/h3-7,13H,8-11,16H2,1-2H3/t13-/m0/s1. The normalized spacial score (nSPS) is 11.8. The predicted octanol–water partition coefficient (Wildman–Crippen LogP) is 0.968. The highest BCUT2D eigenvalue weighted by molar-refractivity contribution is 5.79. The summed E-state index contributed by atoms with van der Waals surface area (Å²) in [6.07, 6.45) is 1.37. The molecule has 5 nitrogen and oxygen atoms in total. The summed E-state index contributed by atoms with van der Waals surface area (Å²) in [7, 11) is 3.05. The predicted molar refractivity (Wildman–Crippen MR) is 77.0 cm³/mol. The number of nitrogens with two attached hydrogens (primary N) is 1. The maximum atomic E-state index is 11.9. The minimum Gasteiger partial charge on any atom is -0.468 e. The smallest absolute Gasteiger partial charge is 0.322 e. The fraction of sp³-hybridized carbons (Fsp3) is 0.467. The molecule has 0 unspecified atom stereocenters. The third kappa shape index (κ3) is 5.40. The molecule has 0 saturated heterocycles. The zero-order valence-electron chi connectivity index (χ0n) is 12.0. The first-order chi connectivity index (χ1) is 9.54. The highest BCUT2D eigenvalue weighted by Crippen LogP contribution is 2.04. The summed E-state index contributed by atoms with van der Waals surface area (Å²) < 4.78 is 4.52. The second kappa shape index (κ2) is 8.32. The van der Waals surface area contributed by atoms with Gasteiger partial charge in [-0.3, -0.25) is 9.59 Å². The van der Waals surface area contributed by atoms with Crippen LogP contribution in [0.25, 0.3) is 0 Å². The van der Waals surface area contributed by atoms with E-state index in [4.69, 9.17) is 5.73 Å². The van der Waals surface area contributed by atoms with Crippen LogP contribution in [0.15, 0.2) is 30.3 Å². The minimum atomic E-state index is -0.730. The maximum absolute atomic E-state index is 11.9. The fourth-order valence-electron chi connectivity index (χ4n) is 1.81. The second-order valence-corrected chi connectivity index (χ2v) is 4.72. The van der Waals surface area contributed by atoms with Gasteiger partial charge in [0.1, 0.15) is 6.04 Å². The molecule has 0 heterocycles. The van der Waals surface area contributed by atoms with Crippen molar-refractivity contribution in [2.75, 3.05) is 20.7 Å². The molecule has 20 heavy (non-hydrogen) atoms. The number of hydrogen-bond donors (Lipinski definition) is 1. The Balaban J connectivity index is 2.31. The molecule has 0 saturated carbocycles. The van der Waals surface area contributed by atoms with Gasteiger partial charge in [-0.25, -0.2) is 0 Å². The number of amides is 1. The van der Waals surface area contributed by atoms with Gasteiger partial charge >= 0.3 is 5.97 Å². The molecule has 1 aromatic carbocycles. The molecule has 5 heteroatoms. The van der Waals surface area contributed by atoms with Gasteiger partial charge in [0.05, 0.1) is 7.11 Å². The highest BCUT2D eigenvalue weighted by atomic mass is 16.5. The number of ether oxygens (including phenoxy) is 1. The molecule has 0 aliphatic heterocycles. The molecule has 0 aromatic heterocycles. The van der Waals surface area contributed by atoms with E-state index in [0.717, 1.165) is 6.42 Å². The van der Waals surface area contributed by atoms with Crippen LogP contribution in [0.4, 0.5) is 0 Å². The summed E-state index contributed by atoms with van der Waals surface area (Å²) in [5.74, 6) is -0.495. The number of carbonyl (C=O) groups excluding carboxylic acids is 2. The first-order valence-electron chi connectivity index (χ1n) is 6.66. The summed E-state index contributed by atoms with van der Waals surface area (Å²) in [4.78, 5) is 24.7. The van der Waals surface area contributed by atoms with Gasteiger partial charge in [-0.05, 0) is 18.4 Å². The first kappa shape index (κ1) is 16.2. The summed E-state index contributed by atoms with van der Waals surface area (Å²) in [5.41, 5.74) is 6.79. The van der Waals surface area contributed by atoms with E-state index in [1.807, 2.05) is 30.3 Å². The van der Waals surface area contributed by atoms with Crippen molar-refractivity contribution in [3.8, 4) is 0 Å². The Labute approximate surface area is 119 Å². The molecular weight excluding hydrogens is 256 g/mol. The molecule has 0 bridgehead atoms. The molecule has 1 rings (SSSR count). The lowest BCUT2D eigenvalue weighted by Gasteiger charge is -2.18. The van der Waals surface area contributed by atoms with E-state index in [1.165, 1.54) is 12.7 Å². The Morgan fingerprint density at radius 2 is 1.95 bits per heavy atom. The average Bonchev–Trinajstić information content (AvgIpc) is 2.49.